The van der Waals surface area contributed by atoms with Crippen molar-refractivity contribution in [3.8, 4) is 5.75 Å². The van der Waals surface area contributed by atoms with Gasteiger partial charge in [-0.1, -0.05) is 29.8 Å². The number of ether oxygens (including phenoxy) is 1. The highest BCUT2D eigenvalue weighted by Crippen LogP contribution is 2.22. The van der Waals surface area contributed by atoms with E-state index < -0.39 is 10.0 Å². The molecule has 0 saturated carbocycles. The number of rotatable bonds is 7. The fraction of sp³-hybridized carbons (Fsp3) is 0.350. The van der Waals surface area contributed by atoms with Crippen molar-refractivity contribution in [1.29, 1.82) is 0 Å². The third-order valence-electron chi connectivity index (χ3n) is 4.83. The number of hydrogen-bond donors (Lipinski definition) is 1. The number of halogens is 1. The zero-order valence-corrected chi connectivity index (χ0v) is 17.7. The van der Waals surface area contributed by atoms with Gasteiger partial charge in [0.05, 0.1) is 17.6 Å². The SMILES string of the molecule is COc1ccc(Cl)cc1C(=O)NCCN1CCN(S(=O)(=O)c2ccccc2)CC1. The highest BCUT2D eigenvalue weighted by Gasteiger charge is 2.28. The summed E-state index contributed by atoms with van der Waals surface area (Å²) in [6.45, 7) is 3.15. The smallest absolute Gasteiger partial charge is 0.255 e. The lowest BCUT2D eigenvalue weighted by Crippen LogP contribution is -2.50. The van der Waals surface area contributed by atoms with E-state index in [2.05, 4.69) is 10.2 Å². The lowest BCUT2D eigenvalue weighted by molar-refractivity contribution is 0.0942. The van der Waals surface area contributed by atoms with Crippen molar-refractivity contribution in [2.24, 2.45) is 0 Å². The zero-order valence-electron chi connectivity index (χ0n) is 16.2. The fourth-order valence-electron chi connectivity index (χ4n) is 3.22. The Hall–Kier alpha value is -2.13. The van der Waals surface area contributed by atoms with Gasteiger partial charge >= 0.3 is 0 Å². The second-order valence-corrected chi connectivity index (χ2v) is 9.03. The number of carbonyl (C=O) groups is 1. The number of amides is 1. The predicted octanol–water partition coefficient (Wildman–Crippen LogP) is 2.08. The Morgan fingerprint density at radius 2 is 1.79 bits per heavy atom. The molecule has 3 rings (SSSR count). The number of nitrogens with zero attached hydrogens (tertiary/aromatic N) is 2. The molecule has 2 aromatic rings. The molecule has 9 heteroatoms. The Morgan fingerprint density at radius 1 is 1.10 bits per heavy atom. The summed E-state index contributed by atoms with van der Waals surface area (Å²) in [5, 5.41) is 3.33. The standard InChI is InChI=1S/C20H24ClN3O4S/c1-28-19-8-7-16(21)15-18(19)20(25)22-9-10-23-11-13-24(14-12-23)29(26,27)17-5-3-2-4-6-17/h2-8,15H,9-14H2,1H3,(H,22,25). The maximum Gasteiger partial charge on any atom is 0.255 e. The third kappa shape index (κ3) is 5.27. The maximum atomic E-state index is 12.7. The molecule has 156 valence electrons. The van der Waals surface area contributed by atoms with E-state index in [0.29, 0.717) is 60.5 Å². The molecular weight excluding hydrogens is 414 g/mol. The average molecular weight is 438 g/mol. The number of piperazine rings is 1. The van der Waals surface area contributed by atoms with Gasteiger partial charge in [0.1, 0.15) is 5.75 Å². The van der Waals surface area contributed by atoms with Gasteiger partial charge in [-0.3, -0.25) is 9.69 Å². The topological polar surface area (TPSA) is 79.0 Å². The van der Waals surface area contributed by atoms with Crippen LogP contribution in [0, 0.1) is 0 Å². The van der Waals surface area contributed by atoms with E-state index in [9.17, 15) is 13.2 Å². The van der Waals surface area contributed by atoms with E-state index in [-0.39, 0.29) is 5.91 Å². The van der Waals surface area contributed by atoms with Gasteiger partial charge < -0.3 is 10.1 Å². The number of hydrogen-bond acceptors (Lipinski definition) is 5. The normalized spacial score (nSPS) is 15.8. The van der Waals surface area contributed by atoms with E-state index in [1.165, 1.54) is 11.4 Å². The Morgan fingerprint density at radius 3 is 2.45 bits per heavy atom. The predicted molar refractivity (Wildman–Crippen MR) is 112 cm³/mol. The Bertz CT molecular complexity index is 945. The highest BCUT2D eigenvalue weighted by molar-refractivity contribution is 7.89. The molecule has 1 heterocycles. The summed E-state index contributed by atoms with van der Waals surface area (Å²) >= 11 is 5.97. The summed E-state index contributed by atoms with van der Waals surface area (Å²) in [5.41, 5.74) is 0.388. The van der Waals surface area contributed by atoms with Gasteiger partial charge in [-0.15, -0.1) is 0 Å². The zero-order chi connectivity index (χ0) is 20.9. The van der Waals surface area contributed by atoms with Crippen LogP contribution in [0.1, 0.15) is 10.4 Å². The van der Waals surface area contributed by atoms with Crippen molar-refractivity contribution in [2.75, 3.05) is 46.4 Å². The first-order valence-corrected chi connectivity index (χ1v) is 11.1. The highest BCUT2D eigenvalue weighted by atomic mass is 35.5. The van der Waals surface area contributed by atoms with Crippen LogP contribution in [0.15, 0.2) is 53.4 Å². The number of nitrogens with one attached hydrogen (secondary N) is 1. The molecule has 0 bridgehead atoms. The van der Waals surface area contributed by atoms with Gasteiger partial charge in [0.25, 0.3) is 5.91 Å². The van der Waals surface area contributed by atoms with E-state index in [1.807, 2.05) is 0 Å². The van der Waals surface area contributed by atoms with Gasteiger partial charge in [0, 0.05) is 44.3 Å². The largest absolute Gasteiger partial charge is 0.496 e. The lowest BCUT2D eigenvalue weighted by atomic mass is 10.2. The molecule has 1 saturated heterocycles. The van der Waals surface area contributed by atoms with Crippen molar-refractivity contribution < 1.29 is 17.9 Å². The van der Waals surface area contributed by atoms with Crippen molar-refractivity contribution >= 4 is 27.5 Å². The number of benzene rings is 2. The summed E-state index contributed by atoms with van der Waals surface area (Å²) < 4.78 is 32.1. The molecule has 0 aliphatic carbocycles. The number of carbonyl (C=O) groups excluding carboxylic acids is 1. The van der Waals surface area contributed by atoms with Gasteiger partial charge in [-0.05, 0) is 30.3 Å². The molecule has 0 radical (unpaired) electrons. The summed E-state index contributed by atoms with van der Waals surface area (Å²) in [7, 11) is -1.95. The van der Waals surface area contributed by atoms with Crippen LogP contribution >= 0.6 is 11.6 Å². The van der Waals surface area contributed by atoms with Crippen molar-refractivity contribution in [2.45, 2.75) is 4.90 Å². The minimum absolute atomic E-state index is 0.255. The van der Waals surface area contributed by atoms with Gasteiger partial charge in [-0.2, -0.15) is 4.31 Å². The van der Waals surface area contributed by atoms with Gasteiger partial charge in [-0.25, -0.2) is 8.42 Å². The second-order valence-electron chi connectivity index (χ2n) is 6.66. The average Bonchev–Trinajstić information content (AvgIpc) is 2.74. The van der Waals surface area contributed by atoms with Crippen LogP contribution in [0.2, 0.25) is 5.02 Å². The van der Waals surface area contributed by atoms with Crippen LogP contribution in [0.4, 0.5) is 0 Å². The van der Waals surface area contributed by atoms with Gasteiger partial charge in [0.15, 0.2) is 0 Å². The van der Waals surface area contributed by atoms with E-state index >= 15 is 0 Å². The first-order chi connectivity index (χ1) is 13.9. The lowest BCUT2D eigenvalue weighted by Gasteiger charge is -2.33. The summed E-state index contributed by atoms with van der Waals surface area (Å²) in [4.78, 5) is 14.9. The monoisotopic (exact) mass is 437 g/mol. The van der Waals surface area contributed by atoms with Crippen LogP contribution in [-0.4, -0.2) is 69.9 Å². The Balaban J connectivity index is 1.48. The van der Waals surface area contributed by atoms with Crippen LogP contribution in [-0.2, 0) is 10.0 Å². The molecule has 29 heavy (non-hydrogen) atoms. The van der Waals surface area contributed by atoms with Crippen LogP contribution in [0.3, 0.4) is 0 Å². The first kappa shape index (κ1) is 21.6. The van der Waals surface area contributed by atoms with Crippen LogP contribution in [0.5, 0.6) is 5.75 Å². The molecule has 0 spiro atoms. The maximum absolute atomic E-state index is 12.7. The molecule has 0 aromatic heterocycles. The van der Waals surface area contributed by atoms with E-state index in [0.717, 1.165) is 0 Å². The molecule has 2 aromatic carbocycles. The first-order valence-electron chi connectivity index (χ1n) is 9.31. The van der Waals surface area contributed by atoms with E-state index in [1.54, 1.807) is 48.5 Å². The van der Waals surface area contributed by atoms with Crippen LogP contribution < -0.4 is 10.1 Å². The second kappa shape index (κ2) is 9.58. The molecule has 1 fully saturated rings. The van der Waals surface area contributed by atoms with Gasteiger partial charge in [0.2, 0.25) is 10.0 Å². The molecular formula is C20H24ClN3O4S. The molecule has 1 aliphatic rings. The third-order valence-corrected chi connectivity index (χ3v) is 6.98. The summed E-state index contributed by atoms with van der Waals surface area (Å²) in [5.74, 6) is 0.210. The molecule has 0 atom stereocenters. The minimum Gasteiger partial charge on any atom is -0.496 e. The van der Waals surface area contributed by atoms with Crippen molar-refractivity contribution in [3.63, 3.8) is 0 Å². The molecule has 1 aliphatic heterocycles. The van der Waals surface area contributed by atoms with Crippen molar-refractivity contribution in [1.82, 2.24) is 14.5 Å². The Kier molecular flexibility index (Phi) is 7.13. The van der Waals surface area contributed by atoms with E-state index in [4.69, 9.17) is 16.3 Å². The van der Waals surface area contributed by atoms with Crippen LogP contribution in [0.25, 0.3) is 0 Å². The molecule has 0 unspecified atom stereocenters. The quantitative estimate of drug-likeness (QED) is 0.717. The number of sulfonamides is 1. The molecule has 1 amide bonds. The summed E-state index contributed by atoms with van der Waals surface area (Å²) in [6.07, 6.45) is 0. The minimum atomic E-state index is -3.46. The number of methoxy groups -OCH3 is 1. The Labute approximate surface area is 176 Å². The fourth-order valence-corrected chi connectivity index (χ4v) is 4.83. The molecule has 1 N–H and O–H groups in total. The van der Waals surface area contributed by atoms with Crippen molar-refractivity contribution in [3.05, 3.63) is 59.1 Å². The summed E-state index contributed by atoms with van der Waals surface area (Å²) in [6, 6.07) is 13.4. The molecule has 7 nitrogen and oxygen atoms in total.